The highest BCUT2D eigenvalue weighted by Gasteiger charge is 2.19. The van der Waals surface area contributed by atoms with Crippen LogP contribution >= 0.6 is 11.8 Å². The monoisotopic (exact) mass is 492 g/mol. The Bertz CT molecular complexity index is 1450. The summed E-state index contributed by atoms with van der Waals surface area (Å²) in [5.41, 5.74) is 1.26. The zero-order valence-electron chi connectivity index (χ0n) is 19.7. The van der Waals surface area contributed by atoms with Crippen molar-refractivity contribution in [3.8, 4) is 28.7 Å². The molecule has 1 heterocycles. The molecule has 0 aliphatic carbocycles. The van der Waals surface area contributed by atoms with Crippen LogP contribution in [-0.2, 0) is 0 Å². The van der Waals surface area contributed by atoms with Crippen LogP contribution in [-0.4, -0.2) is 49.5 Å². The number of carbonyl (C=O) groups excluding carboxylic acids is 1. The quantitative estimate of drug-likeness (QED) is 0.193. The second-order valence-corrected chi connectivity index (χ2v) is 8.31. The Kier molecular flexibility index (Phi) is 7.26. The van der Waals surface area contributed by atoms with E-state index in [0.29, 0.717) is 50.3 Å². The molecule has 0 atom stereocenters. The number of benzene rings is 3. The first-order valence-corrected chi connectivity index (χ1v) is 11.6. The summed E-state index contributed by atoms with van der Waals surface area (Å²) in [6.07, 6.45) is 0. The fourth-order valence-electron chi connectivity index (χ4n) is 3.64. The van der Waals surface area contributed by atoms with Crippen molar-refractivity contribution >= 4 is 28.4 Å². The molecule has 0 N–H and O–H groups in total. The summed E-state index contributed by atoms with van der Waals surface area (Å²) in [7, 11) is 6.12. The maximum absolute atomic E-state index is 13.5. The lowest BCUT2D eigenvalue weighted by Gasteiger charge is -2.15. The molecule has 8 nitrogen and oxygen atoms in total. The fourth-order valence-corrected chi connectivity index (χ4v) is 4.53. The minimum Gasteiger partial charge on any atom is -0.497 e. The zero-order valence-corrected chi connectivity index (χ0v) is 20.5. The summed E-state index contributed by atoms with van der Waals surface area (Å²) in [4.78, 5) is 31.3. The average Bonchev–Trinajstić information content (AvgIpc) is 2.91. The molecule has 0 fully saturated rings. The maximum Gasteiger partial charge on any atom is 0.266 e. The number of thioether (sulfide) groups is 1. The minimum atomic E-state index is -0.250. The molecule has 4 aromatic rings. The van der Waals surface area contributed by atoms with E-state index in [1.54, 1.807) is 68.8 Å². The van der Waals surface area contributed by atoms with E-state index < -0.39 is 0 Å². The van der Waals surface area contributed by atoms with Gasteiger partial charge in [-0.3, -0.25) is 14.2 Å². The predicted molar refractivity (Wildman–Crippen MR) is 135 cm³/mol. The Morgan fingerprint density at radius 2 is 1.60 bits per heavy atom. The van der Waals surface area contributed by atoms with Gasteiger partial charge in [-0.1, -0.05) is 23.9 Å². The number of hydrogen-bond acceptors (Lipinski definition) is 8. The topological polar surface area (TPSA) is 88.9 Å². The molecule has 0 aliphatic heterocycles. The smallest absolute Gasteiger partial charge is 0.266 e. The second kappa shape index (κ2) is 10.5. The lowest BCUT2D eigenvalue weighted by molar-refractivity contribution is 0.101. The number of nitrogens with zero attached hydrogens (tertiary/aromatic N) is 2. The number of hydrogen-bond donors (Lipinski definition) is 0. The van der Waals surface area contributed by atoms with Crippen LogP contribution in [0.3, 0.4) is 0 Å². The van der Waals surface area contributed by atoms with Crippen molar-refractivity contribution in [2.24, 2.45) is 0 Å². The third kappa shape index (κ3) is 4.81. The van der Waals surface area contributed by atoms with Crippen molar-refractivity contribution in [1.82, 2.24) is 9.55 Å². The Balaban J connectivity index is 1.76. The van der Waals surface area contributed by atoms with Crippen molar-refractivity contribution in [1.29, 1.82) is 0 Å². The first kappa shape index (κ1) is 24.2. The second-order valence-electron chi connectivity index (χ2n) is 7.37. The predicted octanol–water partition coefficient (Wildman–Crippen LogP) is 4.40. The van der Waals surface area contributed by atoms with Crippen molar-refractivity contribution < 1.29 is 23.7 Å². The van der Waals surface area contributed by atoms with Gasteiger partial charge in [-0.25, -0.2) is 4.98 Å². The van der Waals surface area contributed by atoms with E-state index in [9.17, 15) is 9.59 Å². The van der Waals surface area contributed by atoms with Crippen LogP contribution < -0.4 is 24.5 Å². The van der Waals surface area contributed by atoms with E-state index in [-0.39, 0.29) is 17.1 Å². The van der Waals surface area contributed by atoms with Gasteiger partial charge in [-0.15, -0.1) is 0 Å². The lowest BCUT2D eigenvalue weighted by atomic mass is 10.1. The van der Waals surface area contributed by atoms with Gasteiger partial charge in [0.25, 0.3) is 5.56 Å². The van der Waals surface area contributed by atoms with E-state index in [0.717, 1.165) is 0 Å². The van der Waals surface area contributed by atoms with Crippen LogP contribution in [0.1, 0.15) is 10.4 Å². The molecule has 0 unspecified atom stereocenters. The number of para-hydroxylation sites is 1. The molecule has 3 aromatic carbocycles. The average molecular weight is 493 g/mol. The zero-order chi connectivity index (χ0) is 24.9. The van der Waals surface area contributed by atoms with E-state index in [2.05, 4.69) is 0 Å². The molecule has 0 spiro atoms. The number of aromatic nitrogens is 2. The van der Waals surface area contributed by atoms with Gasteiger partial charge < -0.3 is 18.9 Å². The van der Waals surface area contributed by atoms with E-state index in [1.165, 1.54) is 30.5 Å². The van der Waals surface area contributed by atoms with Crippen LogP contribution in [0.25, 0.3) is 16.6 Å². The summed E-state index contributed by atoms with van der Waals surface area (Å²) in [5.74, 6) is 1.88. The van der Waals surface area contributed by atoms with Gasteiger partial charge in [0.2, 0.25) is 0 Å². The van der Waals surface area contributed by atoms with Crippen LogP contribution in [0.4, 0.5) is 0 Å². The molecule has 0 saturated carbocycles. The van der Waals surface area contributed by atoms with Gasteiger partial charge in [0.05, 0.1) is 56.3 Å². The van der Waals surface area contributed by atoms with E-state index in [1.807, 2.05) is 6.07 Å². The molecule has 0 radical (unpaired) electrons. The molecule has 0 saturated heterocycles. The van der Waals surface area contributed by atoms with Crippen LogP contribution in [0.5, 0.6) is 23.0 Å². The van der Waals surface area contributed by atoms with Crippen LogP contribution in [0, 0.1) is 0 Å². The van der Waals surface area contributed by atoms with Crippen molar-refractivity contribution in [3.05, 3.63) is 76.6 Å². The highest BCUT2D eigenvalue weighted by Crippen LogP contribution is 2.31. The highest BCUT2D eigenvalue weighted by molar-refractivity contribution is 7.99. The number of ether oxygens (including phenoxy) is 4. The summed E-state index contributed by atoms with van der Waals surface area (Å²) in [5, 5.41) is 0.844. The number of fused-ring (bicyclic) bond motifs is 1. The van der Waals surface area contributed by atoms with Crippen LogP contribution in [0.2, 0.25) is 0 Å². The normalized spacial score (nSPS) is 10.7. The van der Waals surface area contributed by atoms with Gasteiger partial charge in [0, 0.05) is 12.1 Å². The number of ketones is 1. The molecular weight excluding hydrogens is 468 g/mol. The molecule has 1 aromatic heterocycles. The maximum atomic E-state index is 13.5. The Morgan fingerprint density at radius 1 is 0.857 bits per heavy atom. The Hall–Kier alpha value is -3.98. The van der Waals surface area contributed by atoms with E-state index >= 15 is 0 Å². The SMILES string of the molecule is COc1ccc(C(=O)CSc2nc3ccccc3c(=O)n2-c2ccc(OC)c(OC)c2)c(OC)c1. The molecule has 0 amide bonds. The van der Waals surface area contributed by atoms with Gasteiger partial charge in [-0.2, -0.15) is 0 Å². The standard InChI is InChI=1S/C26H24N2O6S/c1-31-17-10-11-19(23(14-17)33-3)21(29)15-35-26-27-20-8-6-5-7-18(20)25(30)28(26)16-9-12-22(32-2)24(13-16)34-4/h5-14H,15H2,1-4H3. The number of Topliss-reactive ketones (excluding diaryl/α,β-unsaturated/α-hetero) is 1. The molecule has 0 bridgehead atoms. The number of carbonyl (C=O) groups is 1. The van der Waals surface area contributed by atoms with Crippen molar-refractivity contribution in [2.45, 2.75) is 5.16 Å². The molecule has 4 rings (SSSR count). The third-order valence-corrected chi connectivity index (χ3v) is 6.35. The molecular formula is C26H24N2O6S. The Labute approximate surface area is 206 Å². The summed E-state index contributed by atoms with van der Waals surface area (Å²) < 4.78 is 22.8. The molecule has 35 heavy (non-hydrogen) atoms. The lowest BCUT2D eigenvalue weighted by Crippen LogP contribution is -2.22. The van der Waals surface area contributed by atoms with Crippen molar-refractivity contribution in [2.75, 3.05) is 34.2 Å². The summed E-state index contributed by atoms with van der Waals surface area (Å²) in [6.45, 7) is 0. The van der Waals surface area contributed by atoms with Crippen molar-refractivity contribution in [3.63, 3.8) is 0 Å². The number of rotatable bonds is 9. The first-order valence-electron chi connectivity index (χ1n) is 10.6. The van der Waals surface area contributed by atoms with Gasteiger partial charge >= 0.3 is 0 Å². The third-order valence-electron chi connectivity index (χ3n) is 5.41. The minimum absolute atomic E-state index is 0.0424. The van der Waals surface area contributed by atoms with Crippen LogP contribution in [0.15, 0.2) is 70.6 Å². The first-order chi connectivity index (χ1) is 17.0. The highest BCUT2D eigenvalue weighted by atomic mass is 32.2. The summed E-state index contributed by atoms with van der Waals surface area (Å²) >= 11 is 1.17. The van der Waals surface area contributed by atoms with Gasteiger partial charge in [0.1, 0.15) is 11.5 Å². The van der Waals surface area contributed by atoms with E-state index in [4.69, 9.17) is 23.9 Å². The molecule has 180 valence electrons. The fraction of sp³-hybridized carbons (Fsp3) is 0.192. The van der Waals surface area contributed by atoms with Gasteiger partial charge in [-0.05, 0) is 36.4 Å². The number of methoxy groups -OCH3 is 4. The largest absolute Gasteiger partial charge is 0.497 e. The summed E-state index contributed by atoms with van der Waals surface area (Å²) in [6, 6.07) is 17.3. The Morgan fingerprint density at radius 3 is 2.31 bits per heavy atom. The molecule has 9 heteroatoms. The molecule has 0 aliphatic rings. The van der Waals surface area contributed by atoms with Gasteiger partial charge in [0.15, 0.2) is 22.4 Å².